The predicted molar refractivity (Wildman–Crippen MR) is 116 cm³/mol. The maximum Gasteiger partial charge on any atom is 0.127 e. The van der Waals surface area contributed by atoms with Gasteiger partial charge < -0.3 is 9.64 Å². The molecule has 144 valence electrons. The molecule has 0 amide bonds. The van der Waals surface area contributed by atoms with Gasteiger partial charge in [0, 0.05) is 28.4 Å². The molecule has 0 aliphatic carbocycles. The molecule has 2 fully saturated rings. The Kier molecular flexibility index (Phi) is 4.78. The fraction of sp³-hybridized carbons (Fsp3) is 0.360. The van der Waals surface area contributed by atoms with Crippen molar-refractivity contribution in [2.24, 2.45) is 5.92 Å². The van der Waals surface area contributed by atoms with Crippen LogP contribution in [0.5, 0.6) is 5.75 Å². The van der Waals surface area contributed by atoms with Gasteiger partial charge in [-0.25, -0.2) is 0 Å². The first-order valence-corrected chi connectivity index (χ1v) is 10.7. The third-order valence-corrected chi connectivity index (χ3v) is 7.12. The van der Waals surface area contributed by atoms with E-state index in [1.807, 2.05) is 6.07 Å². The summed E-state index contributed by atoms with van der Waals surface area (Å²) < 4.78 is 6.48. The fourth-order valence-electron chi connectivity index (χ4n) is 5.43. The average molecular weight is 392 g/mol. The van der Waals surface area contributed by atoms with E-state index in [4.69, 9.17) is 16.3 Å². The van der Waals surface area contributed by atoms with Crippen molar-refractivity contribution in [3.63, 3.8) is 0 Å². The quantitative estimate of drug-likeness (QED) is 0.529. The van der Waals surface area contributed by atoms with Crippen LogP contribution >= 0.6 is 11.6 Å². The van der Waals surface area contributed by atoms with E-state index in [9.17, 15) is 0 Å². The number of rotatable bonds is 4. The van der Waals surface area contributed by atoms with Gasteiger partial charge in [-0.2, -0.15) is 0 Å². The Hall–Kier alpha value is -2.03. The van der Waals surface area contributed by atoms with E-state index in [1.165, 1.54) is 35.6 Å². The van der Waals surface area contributed by atoms with E-state index < -0.39 is 0 Å². The second kappa shape index (κ2) is 7.42. The van der Waals surface area contributed by atoms with Crippen LogP contribution in [0, 0.1) is 5.92 Å². The van der Waals surface area contributed by atoms with E-state index in [-0.39, 0.29) is 0 Å². The maximum absolute atomic E-state index is 6.48. The summed E-state index contributed by atoms with van der Waals surface area (Å²) in [6.45, 7) is 0.743. The van der Waals surface area contributed by atoms with Crippen molar-refractivity contribution in [1.29, 1.82) is 0 Å². The van der Waals surface area contributed by atoms with Crippen LogP contribution in [0.25, 0.3) is 10.8 Å². The van der Waals surface area contributed by atoms with E-state index in [0.29, 0.717) is 23.9 Å². The molecule has 2 aliphatic heterocycles. The molecule has 2 bridgehead atoms. The Labute approximate surface area is 172 Å². The summed E-state index contributed by atoms with van der Waals surface area (Å²) in [5, 5.41) is 3.25. The van der Waals surface area contributed by atoms with Crippen LogP contribution in [-0.2, 0) is 0 Å². The van der Waals surface area contributed by atoms with E-state index in [2.05, 4.69) is 72.6 Å². The van der Waals surface area contributed by atoms with Gasteiger partial charge in [-0.3, -0.25) is 0 Å². The normalized spacial score (nSPS) is 27.2. The number of ether oxygens (including phenoxy) is 1. The summed E-state index contributed by atoms with van der Waals surface area (Å²) in [5.74, 6) is 1.97. The Balaban J connectivity index is 1.45. The van der Waals surface area contributed by atoms with Crippen molar-refractivity contribution in [2.45, 2.75) is 37.3 Å². The van der Waals surface area contributed by atoms with Crippen molar-refractivity contribution >= 4 is 22.4 Å². The highest BCUT2D eigenvalue weighted by Gasteiger charge is 2.46. The van der Waals surface area contributed by atoms with E-state index in [0.717, 1.165) is 17.4 Å². The molecule has 0 saturated carbocycles. The number of benzene rings is 3. The van der Waals surface area contributed by atoms with Gasteiger partial charge >= 0.3 is 0 Å². The first kappa shape index (κ1) is 18.0. The van der Waals surface area contributed by atoms with Crippen LogP contribution < -0.4 is 4.74 Å². The molecule has 2 aliphatic rings. The third-order valence-electron chi connectivity index (χ3n) is 6.89. The highest BCUT2D eigenvalue weighted by Crippen LogP contribution is 2.46. The number of hydrogen-bond acceptors (Lipinski definition) is 2. The molecular weight excluding hydrogens is 366 g/mol. The molecule has 2 heterocycles. The lowest BCUT2D eigenvalue weighted by molar-refractivity contribution is 0.0670. The first-order valence-electron chi connectivity index (χ1n) is 10.3. The highest BCUT2D eigenvalue weighted by atomic mass is 35.5. The first-order chi connectivity index (χ1) is 13.7. The summed E-state index contributed by atoms with van der Waals surface area (Å²) in [6, 6.07) is 24.5. The molecule has 0 radical (unpaired) electrons. The van der Waals surface area contributed by atoms with Gasteiger partial charge in [0.2, 0.25) is 0 Å². The molecule has 3 aromatic carbocycles. The molecule has 4 atom stereocenters. The Morgan fingerprint density at radius 2 is 1.82 bits per heavy atom. The van der Waals surface area contributed by atoms with E-state index >= 15 is 0 Å². The molecule has 2 saturated heterocycles. The van der Waals surface area contributed by atoms with Crippen molar-refractivity contribution in [3.05, 3.63) is 77.3 Å². The molecule has 2 unspecified atom stereocenters. The van der Waals surface area contributed by atoms with Crippen LogP contribution in [0.15, 0.2) is 66.7 Å². The van der Waals surface area contributed by atoms with Gasteiger partial charge in [0.05, 0.1) is 6.61 Å². The van der Waals surface area contributed by atoms with Crippen LogP contribution in [0.2, 0.25) is 5.02 Å². The minimum atomic E-state index is 0.473. The van der Waals surface area contributed by atoms with Crippen LogP contribution in [-0.4, -0.2) is 30.6 Å². The summed E-state index contributed by atoms with van der Waals surface area (Å²) >= 11 is 6.33. The lowest BCUT2D eigenvalue weighted by Gasteiger charge is -2.43. The van der Waals surface area contributed by atoms with Crippen LogP contribution in [0.4, 0.5) is 0 Å². The Bertz CT molecular complexity index is 982. The van der Waals surface area contributed by atoms with Gasteiger partial charge in [0.1, 0.15) is 5.75 Å². The van der Waals surface area contributed by atoms with Crippen molar-refractivity contribution in [3.8, 4) is 5.75 Å². The summed E-state index contributed by atoms with van der Waals surface area (Å²) in [6.07, 6.45) is 3.75. The molecule has 2 nitrogen and oxygen atoms in total. The minimum Gasteiger partial charge on any atom is -0.493 e. The summed E-state index contributed by atoms with van der Waals surface area (Å²) in [7, 11) is 2.29. The molecule has 3 aromatic rings. The van der Waals surface area contributed by atoms with Crippen LogP contribution in [0.3, 0.4) is 0 Å². The zero-order valence-corrected chi connectivity index (χ0v) is 17.0. The summed E-state index contributed by atoms with van der Waals surface area (Å²) in [5.41, 5.74) is 1.36. The van der Waals surface area contributed by atoms with Gasteiger partial charge in [-0.15, -0.1) is 0 Å². The minimum absolute atomic E-state index is 0.473. The third kappa shape index (κ3) is 3.19. The number of piperidine rings is 1. The fourth-order valence-corrected chi connectivity index (χ4v) is 5.63. The molecule has 3 heteroatoms. The Morgan fingerprint density at radius 1 is 1.00 bits per heavy atom. The smallest absolute Gasteiger partial charge is 0.127 e. The Morgan fingerprint density at radius 3 is 2.71 bits per heavy atom. The molecular formula is C25H26ClNO. The standard InChI is InChI=1S/C25H26ClNO/c1-27-20-12-13-24(27)23(22(15-20)18-8-4-9-19(26)14-18)16-28-25-11-5-7-17-6-2-3-10-21(17)25/h2-11,14,20,22-24H,12-13,15-16H2,1H3/t20?,22-,23-,24?/m0/s1. The zero-order chi connectivity index (χ0) is 19.1. The maximum atomic E-state index is 6.48. The van der Waals surface area contributed by atoms with Crippen molar-refractivity contribution in [2.75, 3.05) is 13.7 Å². The van der Waals surface area contributed by atoms with E-state index in [1.54, 1.807) is 0 Å². The monoisotopic (exact) mass is 391 g/mol. The van der Waals surface area contributed by atoms with Crippen molar-refractivity contribution in [1.82, 2.24) is 4.90 Å². The lowest BCUT2D eigenvalue weighted by Crippen LogP contribution is -2.47. The summed E-state index contributed by atoms with van der Waals surface area (Å²) in [4.78, 5) is 2.60. The van der Waals surface area contributed by atoms with Crippen molar-refractivity contribution < 1.29 is 4.74 Å². The molecule has 28 heavy (non-hydrogen) atoms. The number of fused-ring (bicyclic) bond motifs is 3. The second-order valence-corrected chi connectivity index (χ2v) is 8.75. The molecule has 0 N–H and O–H groups in total. The molecule has 5 rings (SSSR count). The number of nitrogens with zero attached hydrogens (tertiary/aromatic N) is 1. The van der Waals surface area contributed by atoms with Crippen LogP contribution in [0.1, 0.15) is 30.7 Å². The van der Waals surface area contributed by atoms with Gasteiger partial charge in [-0.1, -0.05) is 60.1 Å². The van der Waals surface area contributed by atoms with Gasteiger partial charge in [0.15, 0.2) is 0 Å². The zero-order valence-electron chi connectivity index (χ0n) is 16.2. The number of halogens is 1. The SMILES string of the molecule is CN1C2CCC1[C@@H](COc1cccc3ccccc13)[C@H](c1cccc(Cl)c1)C2. The lowest BCUT2D eigenvalue weighted by atomic mass is 9.76. The second-order valence-electron chi connectivity index (χ2n) is 8.31. The predicted octanol–water partition coefficient (Wildman–Crippen LogP) is 6.14. The highest BCUT2D eigenvalue weighted by molar-refractivity contribution is 6.30. The topological polar surface area (TPSA) is 12.5 Å². The number of hydrogen-bond donors (Lipinski definition) is 0. The van der Waals surface area contributed by atoms with Gasteiger partial charge in [-0.05, 0) is 61.4 Å². The molecule has 0 spiro atoms. The average Bonchev–Trinajstić information content (AvgIpc) is 2.96. The van der Waals surface area contributed by atoms with Gasteiger partial charge in [0.25, 0.3) is 0 Å². The largest absolute Gasteiger partial charge is 0.493 e. The molecule has 0 aromatic heterocycles.